The van der Waals surface area contributed by atoms with Crippen LogP contribution in [0.1, 0.15) is 5.56 Å². The summed E-state index contributed by atoms with van der Waals surface area (Å²) in [6.07, 6.45) is 4.61. The number of carbonyl (C=O) groups excluding carboxylic acids is 1. The molecule has 0 saturated heterocycles. The van der Waals surface area contributed by atoms with E-state index in [9.17, 15) is 4.79 Å². The van der Waals surface area contributed by atoms with E-state index in [2.05, 4.69) is 9.98 Å². The third kappa shape index (κ3) is 2.18. The van der Waals surface area contributed by atoms with Crippen LogP contribution in [-0.4, -0.2) is 11.1 Å². The van der Waals surface area contributed by atoms with Gasteiger partial charge in [-0.25, -0.2) is 14.8 Å². The number of hydrogen-bond acceptors (Lipinski definition) is 4. The molecular weight excluding hydrogens is 192 g/mol. The Kier molecular flexibility index (Phi) is 2.72. The molecule has 0 saturated carbocycles. The fourth-order valence-corrected chi connectivity index (χ4v) is 1.29. The summed E-state index contributed by atoms with van der Waals surface area (Å²) in [5.74, 6) is 0.562. The zero-order valence-electron chi connectivity index (χ0n) is 7.88. The largest absolute Gasteiger partial charge is 0.445 e. The SMILES string of the molecule is O=C=NCc1cccc(-c2ncco2)c1. The lowest BCUT2D eigenvalue weighted by Gasteiger charge is -1.98. The lowest BCUT2D eigenvalue weighted by Crippen LogP contribution is -1.83. The molecule has 2 aromatic rings. The van der Waals surface area contributed by atoms with Crippen molar-refractivity contribution >= 4 is 6.08 Å². The Labute approximate surface area is 86.3 Å². The number of benzene rings is 1. The summed E-state index contributed by atoms with van der Waals surface area (Å²) in [5, 5.41) is 0. The van der Waals surface area contributed by atoms with Gasteiger partial charge in [-0.2, -0.15) is 0 Å². The first kappa shape index (κ1) is 9.37. The minimum absolute atomic E-state index is 0.331. The highest BCUT2D eigenvalue weighted by Crippen LogP contribution is 2.18. The summed E-state index contributed by atoms with van der Waals surface area (Å²) in [6, 6.07) is 7.52. The van der Waals surface area contributed by atoms with Gasteiger partial charge in [0.05, 0.1) is 12.7 Å². The van der Waals surface area contributed by atoms with Crippen LogP contribution >= 0.6 is 0 Å². The van der Waals surface area contributed by atoms with Crippen molar-refractivity contribution in [2.75, 3.05) is 0 Å². The lowest BCUT2D eigenvalue weighted by molar-refractivity contribution is 0.563. The maximum atomic E-state index is 9.97. The highest BCUT2D eigenvalue weighted by atomic mass is 16.3. The highest BCUT2D eigenvalue weighted by Gasteiger charge is 2.02. The summed E-state index contributed by atoms with van der Waals surface area (Å²) in [7, 11) is 0. The second-order valence-electron chi connectivity index (χ2n) is 2.95. The molecule has 0 bridgehead atoms. The van der Waals surface area contributed by atoms with E-state index < -0.39 is 0 Å². The Morgan fingerprint density at radius 2 is 2.40 bits per heavy atom. The van der Waals surface area contributed by atoms with Crippen molar-refractivity contribution in [2.45, 2.75) is 6.54 Å². The molecule has 74 valence electrons. The molecule has 0 radical (unpaired) electrons. The van der Waals surface area contributed by atoms with Crippen LogP contribution in [0.3, 0.4) is 0 Å². The monoisotopic (exact) mass is 200 g/mol. The van der Waals surface area contributed by atoms with Gasteiger partial charge in [-0.1, -0.05) is 12.1 Å². The minimum atomic E-state index is 0.331. The second kappa shape index (κ2) is 4.35. The van der Waals surface area contributed by atoms with Crippen LogP contribution in [0.5, 0.6) is 0 Å². The van der Waals surface area contributed by atoms with Gasteiger partial charge in [-0.15, -0.1) is 0 Å². The van der Waals surface area contributed by atoms with E-state index in [0.29, 0.717) is 12.4 Å². The maximum Gasteiger partial charge on any atom is 0.235 e. The zero-order valence-corrected chi connectivity index (χ0v) is 7.88. The summed E-state index contributed by atoms with van der Waals surface area (Å²) in [4.78, 5) is 17.5. The first-order chi connectivity index (χ1) is 7.40. The number of hydrogen-bond donors (Lipinski definition) is 0. The number of aliphatic imine (C=N–C) groups is 1. The lowest BCUT2D eigenvalue weighted by atomic mass is 10.1. The van der Waals surface area contributed by atoms with Crippen LogP contribution in [0.2, 0.25) is 0 Å². The van der Waals surface area contributed by atoms with Crippen molar-refractivity contribution in [2.24, 2.45) is 4.99 Å². The second-order valence-corrected chi connectivity index (χ2v) is 2.95. The summed E-state index contributed by atoms with van der Waals surface area (Å²) in [5.41, 5.74) is 1.80. The van der Waals surface area contributed by atoms with Gasteiger partial charge in [-0.3, -0.25) is 0 Å². The van der Waals surface area contributed by atoms with E-state index in [0.717, 1.165) is 11.1 Å². The number of isocyanates is 1. The summed E-state index contributed by atoms with van der Waals surface area (Å²) < 4.78 is 5.16. The molecule has 0 spiro atoms. The first-order valence-electron chi connectivity index (χ1n) is 4.42. The van der Waals surface area contributed by atoms with Crippen molar-refractivity contribution in [3.8, 4) is 11.5 Å². The zero-order chi connectivity index (χ0) is 10.5. The molecule has 0 fully saturated rings. The molecule has 1 aromatic heterocycles. The molecule has 1 aromatic carbocycles. The molecule has 0 unspecified atom stereocenters. The summed E-state index contributed by atoms with van der Waals surface area (Å²) in [6.45, 7) is 0.331. The van der Waals surface area contributed by atoms with Crippen LogP contribution in [0.4, 0.5) is 0 Å². The molecule has 0 N–H and O–H groups in total. The average molecular weight is 200 g/mol. The Hall–Kier alpha value is -2.19. The number of rotatable bonds is 3. The third-order valence-corrected chi connectivity index (χ3v) is 1.93. The quantitative estimate of drug-likeness (QED) is 0.563. The smallest absolute Gasteiger partial charge is 0.235 e. The van der Waals surface area contributed by atoms with E-state index in [1.807, 2.05) is 24.3 Å². The molecule has 2 rings (SSSR count). The van der Waals surface area contributed by atoms with E-state index in [1.165, 1.54) is 12.3 Å². The van der Waals surface area contributed by atoms with Crippen molar-refractivity contribution < 1.29 is 9.21 Å². The number of nitrogens with zero attached hydrogens (tertiary/aromatic N) is 2. The van der Waals surface area contributed by atoms with Crippen LogP contribution in [0.15, 0.2) is 46.1 Å². The van der Waals surface area contributed by atoms with Crippen LogP contribution in [0, 0.1) is 0 Å². The highest BCUT2D eigenvalue weighted by molar-refractivity contribution is 5.54. The normalized spacial score (nSPS) is 9.60. The molecule has 15 heavy (non-hydrogen) atoms. The predicted molar refractivity (Wildman–Crippen MR) is 53.8 cm³/mol. The van der Waals surface area contributed by atoms with Gasteiger partial charge in [0.15, 0.2) is 0 Å². The van der Waals surface area contributed by atoms with Crippen LogP contribution < -0.4 is 0 Å². The van der Waals surface area contributed by atoms with Crippen molar-refractivity contribution in [3.63, 3.8) is 0 Å². The van der Waals surface area contributed by atoms with Gasteiger partial charge in [0.2, 0.25) is 12.0 Å². The predicted octanol–water partition coefficient (Wildman–Crippen LogP) is 2.18. The van der Waals surface area contributed by atoms with E-state index in [-0.39, 0.29) is 0 Å². The topological polar surface area (TPSA) is 55.5 Å². The van der Waals surface area contributed by atoms with Crippen molar-refractivity contribution in [1.29, 1.82) is 0 Å². The molecule has 4 nitrogen and oxygen atoms in total. The summed E-state index contributed by atoms with van der Waals surface area (Å²) >= 11 is 0. The molecule has 0 aliphatic rings. The average Bonchev–Trinajstić information content (AvgIpc) is 2.80. The van der Waals surface area contributed by atoms with Crippen molar-refractivity contribution in [1.82, 2.24) is 4.98 Å². The Morgan fingerprint density at radius 1 is 1.47 bits per heavy atom. The third-order valence-electron chi connectivity index (χ3n) is 1.93. The molecule has 1 heterocycles. The van der Waals surface area contributed by atoms with Crippen LogP contribution in [0.25, 0.3) is 11.5 Å². The van der Waals surface area contributed by atoms with E-state index >= 15 is 0 Å². The molecular formula is C11H8N2O2. The van der Waals surface area contributed by atoms with E-state index in [1.54, 1.807) is 6.20 Å². The van der Waals surface area contributed by atoms with Gasteiger partial charge in [0.25, 0.3) is 0 Å². The fourth-order valence-electron chi connectivity index (χ4n) is 1.29. The molecule has 0 aliphatic heterocycles. The molecule has 4 heteroatoms. The standard InChI is InChI=1S/C11H8N2O2/c14-8-12-7-9-2-1-3-10(6-9)11-13-4-5-15-11/h1-6H,7H2. The van der Waals surface area contributed by atoms with Gasteiger partial charge in [0, 0.05) is 5.56 Å². The Balaban J connectivity index is 2.30. The van der Waals surface area contributed by atoms with Gasteiger partial charge in [0.1, 0.15) is 6.26 Å². The minimum Gasteiger partial charge on any atom is -0.445 e. The Morgan fingerprint density at radius 3 is 3.13 bits per heavy atom. The maximum absolute atomic E-state index is 9.97. The fraction of sp³-hybridized carbons (Fsp3) is 0.0909. The first-order valence-corrected chi connectivity index (χ1v) is 4.42. The Bertz CT molecular complexity index is 485. The molecule has 0 atom stereocenters. The van der Waals surface area contributed by atoms with Gasteiger partial charge >= 0.3 is 0 Å². The number of oxazole rings is 1. The van der Waals surface area contributed by atoms with Crippen molar-refractivity contribution in [3.05, 3.63) is 42.3 Å². The van der Waals surface area contributed by atoms with Gasteiger partial charge in [-0.05, 0) is 17.7 Å². The van der Waals surface area contributed by atoms with Gasteiger partial charge < -0.3 is 4.42 Å². The van der Waals surface area contributed by atoms with Crippen LogP contribution in [-0.2, 0) is 11.3 Å². The number of aromatic nitrogens is 1. The molecule has 0 aliphatic carbocycles. The molecule has 0 amide bonds. The van der Waals surface area contributed by atoms with E-state index in [4.69, 9.17) is 4.42 Å².